The van der Waals surface area contributed by atoms with Gasteiger partial charge in [0.2, 0.25) is 11.6 Å². The van der Waals surface area contributed by atoms with Gasteiger partial charge in [0.25, 0.3) is 0 Å². The van der Waals surface area contributed by atoms with Crippen LogP contribution in [0.2, 0.25) is 0 Å². The van der Waals surface area contributed by atoms with Crippen LogP contribution in [-0.2, 0) is 9.53 Å². The number of fused-ring (bicyclic) bond motifs is 2. The van der Waals surface area contributed by atoms with Crippen LogP contribution in [0.1, 0.15) is 81.1 Å². The average Bonchev–Trinajstić information content (AvgIpc) is 3.13. The van der Waals surface area contributed by atoms with E-state index in [-0.39, 0.29) is 40.1 Å². The molecule has 1 heterocycles. The molecule has 1 fully saturated rings. The molecule has 27 heavy (non-hydrogen) atoms. The molecule has 0 aliphatic heterocycles. The van der Waals surface area contributed by atoms with Crippen molar-refractivity contribution in [2.24, 2.45) is 0 Å². The number of hydrogen-bond acceptors (Lipinski definition) is 6. The second-order valence-electron chi connectivity index (χ2n) is 6.91. The lowest BCUT2D eigenvalue weighted by Gasteiger charge is -2.21. The first-order valence-electron chi connectivity index (χ1n) is 9.09. The van der Waals surface area contributed by atoms with E-state index >= 15 is 0 Å². The summed E-state index contributed by atoms with van der Waals surface area (Å²) in [6.45, 7) is 0. The third-order valence-corrected chi connectivity index (χ3v) is 5.03. The van der Waals surface area contributed by atoms with E-state index in [4.69, 9.17) is 9.15 Å². The van der Waals surface area contributed by atoms with Gasteiger partial charge in [0, 0.05) is 11.1 Å². The van der Waals surface area contributed by atoms with Gasteiger partial charge in [0.05, 0.1) is 5.56 Å². The number of ketones is 3. The van der Waals surface area contributed by atoms with Crippen molar-refractivity contribution in [2.45, 2.75) is 44.6 Å². The van der Waals surface area contributed by atoms with Gasteiger partial charge in [-0.05, 0) is 31.7 Å². The molecule has 1 aromatic carbocycles. The largest absolute Gasteiger partial charge is 0.462 e. The number of Topliss-reactive ketones (excluding diaryl/α,β-unsaturated/α-hetero) is 1. The first-order chi connectivity index (χ1) is 13.0. The fraction of sp³-hybridized carbons (Fsp3) is 0.333. The summed E-state index contributed by atoms with van der Waals surface area (Å²) in [6.07, 6.45) is 4.19. The summed E-state index contributed by atoms with van der Waals surface area (Å²) in [5.41, 5.74) is 0.592. The Bertz CT molecular complexity index is 893. The minimum atomic E-state index is -0.609. The standard InChI is InChI=1S/C21H18O6/c22-16(11-18(23)26-12-6-2-1-3-7-12)17-10-15-19(24)13-8-4-5-9-14(13)20(25)21(15)27-17/h4-5,8-10,12H,1-3,6-7,11H2. The lowest BCUT2D eigenvalue weighted by Crippen LogP contribution is -2.22. The van der Waals surface area contributed by atoms with E-state index in [2.05, 4.69) is 0 Å². The van der Waals surface area contributed by atoms with Crippen molar-refractivity contribution in [3.8, 4) is 0 Å². The molecule has 0 atom stereocenters. The third-order valence-electron chi connectivity index (χ3n) is 5.03. The average molecular weight is 366 g/mol. The first kappa shape index (κ1) is 17.4. The Morgan fingerprint density at radius 1 is 0.963 bits per heavy atom. The van der Waals surface area contributed by atoms with Gasteiger partial charge in [-0.3, -0.25) is 19.2 Å². The number of esters is 1. The summed E-state index contributed by atoms with van der Waals surface area (Å²) >= 11 is 0. The Morgan fingerprint density at radius 3 is 2.33 bits per heavy atom. The number of benzene rings is 1. The lowest BCUT2D eigenvalue weighted by molar-refractivity contribution is -0.149. The molecule has 0 bridgehead atoms. The molecule has 138 valence electrons. The maximum absolute atomic E-state index is 12.6. The Balaban J connectivity index is 1.51. The Morgan fingerprint density at radius 2 is 1.63 bits per heavy atom. The Kier molecular flexibility index (Phi) is 4.48. The molecule has 0 N–H and O–H groups in total. The Hall–Kier alpha value is -3.02. The van der Waals surface area contributed by atoms with E-state index in [0.29, 0.717) is 0 Å². The number of ether oxygens (including phenoxy) is 1. The van der Waals surface area contributed by atoms with Gasteiger partial charge in [0.1, 0.15) is 12.5 Å². The number of hydrogen-bond donors (Lipinski definition) is 0. The zero-order valence-electron chi connectivity index (χ0n) is 14.7. The summed E-state index contributed by atoms with van der Waals surface area (Å²) in [5.74, 6) is -2.34. The fourth-order valence-corrected chi connectivity index (χ4v) is 3.64. The maximum Gasteiger partial charge on any atom is 0.314 e. The van der Waals surface area contributed by atoms with E-state index < -0.39 is 24.0 Å². The monoisotopic (exact) mass is 366 g/mol. The van der Waals surface area contributed by atoms with E-state index in [1.54, 1.807) is 24.3 Å². The van der Waals surface area contributed by atoms with Crippen molar-refractivity contribution in [2.75, 3.05) is 0 Å². The van der Waals surface area contributed by atoms with Crippen molar-refractivity contribution >= 4 is 23.3 Å². The number of carbonyl (C=O) groups is 4. The quantitative estimate of drug-likeness (QED) is 0.399. The third kappa shape index (κ3) is 3.23. The van der Waals surface area contributed by atoms with Gasteiger partial charge >= 0.3 is 5.97 Å². The molecular weight excluding hydrogens is 348 g/mol. The van der Waals surface area contributed by atoms with Crippen molar-refractivity contribution in [3.63, 3.8) is 0 Å². The predicted molar refractivity (Wildman–Crippen MR) is 93.9 cm³/mol. The molecule has 0 amide bonds. The molecule has 0 unspecified atom stereocenters. The highest BCUT2D eigenvalue weighted by molar-refractivity contribution is 6.28. The zero-order valence-corrected chi connectivity index (χ0v) is 14.7. The first-order valence-corrected chi connectivity index (χ1v) is 9.09. The minimum Gasteiger partial charge on any atom is -0.462 e. The topological polar surface area (TPSA) is 90.6 Å². The van der Waals surface area contributed by atoms with Gasteiger partial charge < -0.3 is 9.15 Å². The molecular formula is C21H18O6. The van der Waals surface area contributed by atoms with E-state index in [1.165, 1.54) is 6.07 Å². The van der Waals surface area contributed by atoms with Crippen LogP contribution in [0.4, 0.5) is 0 Å². The van der Waals surface area contributed by atoms with Gasteiger partial charge in [-0.1, -0.05) is 30.7 Å². The summed E-state index contributed by atoms with van der Waals surface area (Å²) in [7, 11) is 0. The highest BCUT2D eigenvalue weighted by Crippen LogP contribution is 2.30. The molecule has 2 aromatic rings. The van der Waals surface area contributed by atoms with Crippen LogP contribution in [0.25, 0.3) is 0 Å². The Labute approximate surface area is 155 Å². The van der Waals surface area contributed by atoms with Gasteiger partial charge in [-0.15, -0.1) is 0 Å². The summed E-state index contributed by atoms with van der Waals surface area (Å²) < 4.78 is 10.7. The van der Waals surface area contributed by atoms with Crippen molar-refractivity contribution in [1.82, 2.24) is 0 Å². The molecule has 2 aliphatic carbocycles. The normalized spacial score (nSPS) is 16.6. The molecule has 6 nitrogen and oxygen atoms in total. The molecule has 1 saturated carbocycles. The van der Waals surface area contributed by atoms with Crippen LogP contribution < -0.4 is 0 Å². The van der Waals surface area contributed by atoms with Crippen LogP contribution in [0, 0.1) is 0 Å². The van der Waals surface area contributed by atoms with E-state index in [0.717, 1.165) is 32.1 Å². The highest BCUT2D eigenvalue weighted by atomic mass is 16.5. The van der Waals surface area contributed by atoms with Gasteiger partial charge in [-0.25, -0.2) is 0 Å². The molecule has 0 saturated heterocycles. The van der Waals surface area contributed by atoms with E-state index in [9.17, 15) is 19.2 Å². The number of furan rings is 1. The smallest absolute Gasteiger partial charge is 0.314 e. The van der Waals surface area contributed by atoms with Crippen LogP contribution >= 0.6 is 0 Å². The van der Waals surface area contributed by atoms with Crippen molar-refractivity contribution in [3.05, 3.63) is 58.5 Å². The van der Waals surface area contributed by atoms with Crippen molar-refractivity contribution in [1.29, 1.82) is 0 Å². The number of rotatable bonds is 4. The van der Waals surface area contributed by atoms with Gasteiger partial charge in [-0.2, -0.15) is 0 Å². The van der Waals surface area contributed by atoms with E-state index in [1.807, 2.05) is 0 Å². The molecule has 6 heteroatoms. The summed E-state index contributed by atoms with van der Waals surface area (Å²) in [5, 5.41) is 0. The van der Waals surface area contributed by atoms with Crippen molar-refractivity contribution < 1.29 is 28.3 Å². The van der Waals surface area contributed by atoms with Crippen LogP contribution in [-0.4, -0.2) is 29.4 Å². The summed E-state index contributed by atoms with van der Waals surface area (Å²) in [4.78, 5) is 49.5. The molecule has 1 aromatic heterocycles. The van der Waals surface area contributed by atoms with Crippen LogP contribution in [0.3, 0.4) is 0 Å². The lowest BCUT2D eigenvalue weighted by atomic mass is 9.88. The fourth-order valence-electron chi connectivity index (χ4n) is 3.64. The second-order valence-corrected chi connectivity index (χ2v) is 6.91. The zero-order chi connectivity index (χ0) is 19.0. The minimum absolute atomic E-state index is 0.0581. The molecule has 0 spiro atoms. The summed E-state index contributed by atoms with van der Waals surface area (Å²) in [6, 6.07) is 7.69. The molecule has 2 aliphatic rings. The predicted octanol–water partition coefficient (Wildman–Crippen LogP) is 3.50. The van der Waals surface area contributed by atoms with Gasteiger partial charge in [0.15, 0.2) is 17.3 Å². The molecule has 0 radical (unpaired) electrons. The van der Waals surface area contributed by atoms with Crippen LogP contribution in [0.15, 0.2) is 34.7 Å². The second kappa shape index (κ2) is 6.95. The SMILES string of the molecule is O=C(CC(=O)c1cc2c(o1)C(=O)c1ccccc1C2=O)OC1CCCCC1. The molecule has 4 rings (SSSR count). The van der Waals surface area contributed by atoms with Crippen LogP contribution in [0.5, 0.6) is 0 Å². The maximum atomic E-state index is 12.6. The number of carbonyl (C=O) groups excluding carboxylic acids is 4. The highest BCUT2D eigenvalue weighted by Gasteiger charge is 2.34.